The van der Waals surface area contributed by atoms with E-state index in [1.165, 1.54) is 0 Å². The van der Waals surface area contributed by atoms with E-state index in [0.29, 0.717) is 42.1 Å². The molecule has 3 aliphatic rings. The van der Waals surface area contributed by atoms with Gasteiger partial charge in [-0.05, 0) is 56.6 Å². The lowest BCUT2D eigenvalue weighted by molar-refractivity contribution is -0.143. The summed E-state index contributed by atoms with van der Waals surface area (Å²) in [5, 5.41) is 18.0. The van der Waals surface area contributed by atoms with Crippen LogP contribution in [0.5, 0.6) is 17.6 Å². The highest BCUT2D eigenvalue weighted by Gasteiger charge is 2.47. The topological polar surface area (TPSA) is 144 Å². The van der Waals surface area contributed by atoms with E-state index in [0.717, 1.165) is 43.5 Å². The van der Waals surface area contributed by atoms with Crippen LogP contribution in [0.3, 0.4) is 0 Å². The zero-order valence-corrected chi connectivity index (χ0v) is 22.0. The van der Waals surface area contributed by atoms with Crippen molar-refractivity contribution in [3.8, 4) is 29.0 Å². The van der Waals surface area contributed by atoms with Crippen LogP contribution in [0.2, 0.25) is 0 Å². The highest BCUT2D eigenvalue weighted by Crippen LogP contribution is 2.48. The van der Waals surface area contributed by atoms with Crippen molar-refractivity contribution in [1.82, 2.24) is 29.9 Å². The van der Waals surface area contributed by atoms with Gasteiger partial charge in [0.1, 0.15) is 29.8 Å². The molecule has 0 radical (unpaired) electrons. The molecule has 3 aromatic rings. The molecule has 12 heteroatoms. The number of fused-ring (bicyclic) bond motifs is 1. The zero-order chi connectivity index (χ0) is 26.9. The number of carboxylic acid groups (broad SMARTS) is 1. The van der Waals surface area contributed by atoms with Gasteiger partial charge in [0, 0.05) is 25.7 Å². The summed E-state index contributed by atoms with van der Waals surface area (Å²) in [6.07, 6.45) is 5.82. The molecule has 1 unspecified atom stereocenters. The van der Waals surface area contributed by atoms with Gasteiger partial charge in [-0.2, -0.15) is 4.98 Å². The predicted octanol–water partition coefficient (Wildman–Crippen LogP) is 2.99. The molecule has 5 atom stereocenters. The Morgan fingerprint density at radius 1 is 1.13 bits per heavy atom. The van der Waals surface area contributed by atoms with Crippen molar-refractivity contribution < 1.29 is 28.8 Å². The molecule has 1 aliphatic heterocycles. The lowest BCUT2D eigenvalue weighted by Gasteiger charge is -2.18. The molecule has 4 heterocycles. The first-order chi connectivity index (χ1) is 18.9. The van der Waals surface area contributed by atoms with Crippen LogP contribution in [-0.2, 0) is 23.2 Å². The van der Waals surface area contributed by atoms with Crippen molar-refractivity contribution in [3.05, 3.63) is 35.8 Å². The number of ether oxygens (including phenoxy) is 4. The minimum atomic E-state index is -0.680. The molecule has 2 aliphatic carbocycles. The van der Waals surface area contributed by atoms with E-state index in [-0.39, 0.29) is 36.7 Å². The molecule has 1 N–H and O–H groups in total. The molecule has 0 amide bonds. The monoisotopic (exact) mass is 536 g/mol. The first kappa shape index (κ1) is 25.5. The number of hydrogen-bond donors (Lipinski definition) is 1. The van der Waals surface area contributed by atoms with Crippen LogP contribution in [-0.4, -0.2) is 66.4 Å². The summed E-state index contributed by atoms with van der Waals surface area (Å²) in [5.41, 5.74) is 2.71. The Morgan fingerprint density at radius 3 is 2.82 bits per heavy atom. The van der Waals surface area contributed by atoms with Gasteiger partial charge in [-0.1, -0.05) is 5.21 Å². The Kier molecular flexibility index (Phi) is 7.03. The SMILES string of the molecule is Cc1nc(-c2nnn(C)c2COc2nccc(O[C@H]3CCOC3)n2)ccc1O[C@H]1C[C@H]2CCC(C(=O)O)[C@H]2C1. The summed E-state index contributed by atoms with van der Waals surface area (Å²) in [6.45, 7) is 3.28. The number of hydrogen-bond acceptors (Lipinski definition) is 10. The van der Waals surface area contributed by atoms with Crippen LogP contribution in [0, 0.1) is 24.7 Å². The molecular weight excluding hydrogens is 504 g/mol. The highest BCUT2D eigenvalue weighted by molar-refractivity contribution is 5.71. The minimum absolute atomic E-state index is 0.00918. The number of aliphatic carboxylic acids is 1. The summed E-state index contributed by atoms with van der Waals surface area (Å²) < 4.78 is 25.0. The van der Waals surface area contributed by atoms with Crippen molar-refractivity contribution in [1.29, 1.82) is 0 Å². The Hall–Kier alpha value is -3.80. The van der Waals surface area contributed by atoms with Crippen molar-refractivity contribution >= 4 is 5.97 Å². The quantitative estimate of drug-likeness (QED) is 0.431. The second-order valence-electron chi connectivity index (χ2n) is 10.5. The maximum atomic E-state index is 11.6. The molecule has 1 saturated heterocycles. The van der Waals surface area contributed by atoms with Crippen LogP contribution in [0.25, 0.3) is 11.4 Å². The van der Waals surface area contributed by atoms with Gasteiger partial charge in [-0.25, -0.2) is 14.6 Å². The van der Waals surface area contributed by atoms with Crippen molar-refractivity contribution in [2.45, 2.75) is 57.8 Å². The van der Waals surface area contributed by atoms with Crippen LogP contribution < -0.4 is 14.2 Å². The second-order valence-corrected chi connectivity index (χ2v) is 10.5. The van der Waals surface area contributed by atoms with E-state index in [9.17, 15) is 9.90 Å². The number of nitrogens with zero attached hydrogens (tertiary/aromatic N) is 6. The van der Waals surface area contributed by atoms with E-state index in [4.69, 9.17) is 23.9 Å². The van der Waals surface area contributed by atoms with E-state index in [1.807, 2.05) is 19.1 Å². The minimum Gasteiger partial charge on any atom is -0.489 e. The normalized spacial score (nSPS) is 25.9. The molecule has 0 aromatic carbocycles. The van der Waals surface area contributed by atoms with Gasteiger partial charge in [0.15, 0.2) is 0 Å². The van der Waals surface area contributed by atoms with Crippen LogP contribution in [0.4, 0.5) is 0 Å². The van der Waals surface area contributed by atoms with Gasteiger partial charge in [0.2, 0.25) is 5.88 Å². The third-order valence-electron chi connectivity index (χ3n) is 8.03. The van der Waals surface area contributed by atoms with Crippen LogP contribution in [0.15, 0.2) is 24.4 Å². The van der Waals surface area contributed by atoms with E-state index in [1.54, 1.807) is 24.0 Å². The summed E-state index contributed by atoms with van der Waals surface area (Å²) in [6, 6.07) is 5.65. The average Bonchev–Trinajstić information content (AvgIpc) is 3.70. The maximum absolute atomic E-state index is 11.6. The Bertz CT molecular complexity index is 1340. The number of aromatic nitrogens is 6. The number of carboxylic acids is 1. The summed E-state index contributed by atoms with van der Waals surface area (Å²) in [5.74, 6) is 0.853. The van der Waals surface area contributed by atoms with Gasteiger partial charge >= 0.3 is 12.0 Å². The number of pyridine rings is 1. The molecule has 2 saturated carbocycles. The third-order valence-corrected chi connectivity index (χ3v) is 8.03. The first-order valence-corrected chi connectivity index (χ1v) is 13.4. The lowest BCUT2D eigenvalue weighted by atomic mass is 9.92. The fourth-order valence-electron chi connectivity index (χ4n) is 6.03. The van der Waals surface area contributed by atoms with Crippen molar-refractivity contribution in [2.24, 2.45) is 24.8 Å². The summed E-state index contributed by atoms with van der Waals surface area (Å²) >= 11 is 0. The molecule has 12 nitrogen and oxygen atoms in total. The molecule has 0 spiro atoms. The molecule has 39 heavy (non-hydrogen) atoms. The molecule has 3 fully saturated rings. The van der Waals surface area contributed by atoms with Gasteiger partial charge in [0.25, 0.3) is 0 Å². The Labute approximate surface area is 225 Å². The van der Waals surface area contributed by atoms with Crippen LogP contribution in [0.1, 0.15) is 43.5 Å². The summed E-state index contributed by atoms with van der Waals surface area (Å²) in [7, 11) is 1.79. The fourth-order valence-corrected chi connectivity index (χ4v) is 6.03. The maximum Gasteiger partial charge on any atom is 0.320 e. The van der Waals surface area contributed by atoms with E-state index < -0.39 is 5.97 Å². The lowest BCUT2D eigenvalue weighted by Crippen LogP contribution is -2.21. The van der Waals surface area contributed by atoms with Crippen molar-refractivity contribution in [2.75, 3.05) is 13.2 Å². The largest absolute Gasteiger partial charge is 0.489 e. The second kappa shape index (κ2) is 10.8. The molecule has 3 aromatic heterocycles. The zero-order valence-electron chi connectivity index (χ0n) is 22.0. The van der Waals surface area contributed by atoms with E-state index >= 15 is 0 Å². The molecule has 0 bridgehead atoms. The standard InChI is InChI=1S/C27H32N6O6/c1-15-23(38-18-11-16-3-4-19(26(34)35)20(16)12-18)6-5-21(29-15)25-22(33(2)32-31-25)14-37-27-28-9-7-24(30-27)39-17-8-10-36-13-17/h5-7,9,16-20H,3-4,8,10-14H2,1-2H3,(H,34,35)/t16-,17+,18+,19?,20+/m1/s1. The molecule has 6 rings (SSSR count). The molecule has 206 valence electrons. The highest BCUT2D eigenvalue weighted by atomic mass is 16.6. The molecular formula is C27H32N6O6. The fraction of sp³-hybridized carbons (Fsp3) is 0.556. The van der Waals surface area contributed by atoms with Gasteiger partial charge < -0.3 is 24.1 Å². The van der Waals surface area contributed by atoms with Crippen LogP contribution >= 0.6 is 0 Å². The third kappa shape index (κ3) is 5.38. The first-order valence-electron chi connectivity index (χ1n) is 13.4. The van der Waals surface area contributed by atoms with E-state index in [2.05, 4.69) is 20.3 Å². The van der Waals surface area contributed by atoms with Gasteiger partial charge in [-0.15, -0.1) is 5.10 Å². The Balaban J connectivity index is 1.11. The smallest absolute Gasteiger partial charge is 0.320 e. The summed E-state index contributed by atoms with van der Waals surface area (Å²) in [4.78, 5) is 24.9. The Morgan fingerprint density at radius 2 is 2.03 bits per heavy atom. The van der Waals surface area contributed by atoms with Crippen molar-refractivity contribution in [3.63, 3.8) is 0 Å². The predicted molar refractivity (Wildman–Crippen MR) is 136 cm³/mol. The number of rotatable bonds is 9. The van der Waals surface area contributed by atoms with Gasteiger partial charge in [0.05, 0.1) is 36.6 Å². The van der Waals surface area contributed by atoms with Gasteiger partial charge in [-0.3, -0.25) is 4.79 Å². The average molecular weight is 537 g/mol. The number of aryl methyl sites for hydroxylation is 2. The number of carbonyl (C=O) groups is 1.